The molecule has 1 aliphatic rings. The second-order valence-corrected chi connectivity index (χ2v) is 11.0. The molecular formula is C33H38N6O. The van der Waals surface area contributed by atoms with Crippen LogP contribution in [0.5, 0.6) is 0 Å². The van der Waals surface area contributed by atoms with E-state index in [1.165, 1.54) is 11.1 Å². The highest BCUT2D eigenvalue weighted by Crippen LogP contribution is 2.28. The standard InChI is InChI=1S/C33H38N6O/c1-23(2)28-11-13-34-21-29(28)30-12-14-35-33(36-30)37-31-19-26(6-5-24(31)3)20-32(40)27-9-7-25(8-10-27)22-39-17-15-38(4)16-18-39/h5-14,19,21,23H,15-18,20,22H2,1-4H3,(H,35,36,37). The highest BCUT2D eigenvalue weighted by atomic mass is 16.1. The number of nitrogens with one attached hydrogen (secondary N) is 1. The normalized spacial score (nSPS) is 14.4. The topological polar surface area (TPSA) is 74.2 Å². The van der Waals surface area contributed by atoms with Gasteiger partial charge in [-0.3, -0.25) is 14.7 Å². The Kier molecular flexibility index (Phi) is 8.63. The van der Waals surface area contributed by atoms with Crippen LogP contribution in [0, 0.1) is 6.92 Å². The van der Waals surface area contributed by atoms with Crippen LogP contribution in [0.2, 0.25) is 0 Å². The van der Waals surface area contributed by atoms with E-state index in [4.69, 9.17) is 4.98 Å². The van der Waals surface area contributed by atoms with Crippen molar-refractivity contribution >= 4 is 17.4 Å². The molecule has 3 heterocycles. The highest BCUT2D eigenvalue weighted by Gasteiger charge is 2.15. The number of aryl methyl sites for hydroxylation is 1. The zero-order chi connectivity index (χ0) is 28.1. The van der Waals surface area contributed by atoms with E-state index in [-0.39, 0.29) is 5.78 Å². The number of benzene rings is 2. The molecule has 206 valence electrons. The second kappa shape index (κ2) is 12.5. The summed E-state index contributed by atoms with van der Waals surface area (Å²) in [6.07, 6.45) is 5.77. The Bertz CT molecular complexity index is 1460. The molecule has 0 amide bonds. The van der Waals surface area contributed by atoms with Gasteiger partial charge in [-0.25, -0.2) is 9.97 Å². The summed E-state index contributed by atoms with van der Waals surface area (Å²) in [7, 11) is 2.17. The summed E-state index contributed by atoms with van der Waals surface area (Å²) in [5.41, 5.74) is 7.92. The molecule has 4 aromatic rings. The van der Waals surface area contributed by atoms with Crippen molar-refractivity contribution in [3.63, 3.8) is 0 Å². The Morgan fingerprint density at radius 1 is 0.950 bits per heavy atom. The first kappa shape index (κ1) is 27.6. The molecule has 1 saturated heterocycles. The van der Waals surface area contributed by atoms with E-state index in [1.807, 2.05) is 61.8 Å². The number of carbonyl (C=O) groups excluding carboxylic acids is 1. The molecule has 7 heteroatoms. The fraction of sp³-hybridized carbons (Fsp3) is 0.333. The van der Waals surface area contributed by atoms with Gasteiger partial charge in [0.05, 0.1) is 5.69 Å². The van der Waals surface area contributed by atoms with Crippen molar-refractivity contribution in [3.05, 3.63) is 101 Å². The van der Waals surface area contributed by atoms with Gasteiger partial charge in [-0.1, -0.05) is 50.2 Å². The number of aromatic nitrogens is 3. The molecule has 1 N–H and O–H groups in total. The number of hydrogen-bond acceptors (Lipinski definition) is 7. The lowest BCUT2D eigenvalue weighted by molar-refractivity contribution is 0.0993. The number of anilines is 2. The van der Waals surface area contributed by atoms with Crippen LogP contribution in [0.15, 0.2) is 73.2 Å². The zero-order valence-corrected chi connectivity index (χ0v) is 23.9. The second-order valence-electron chi connectivity index (χ2n) is 11.0. The van der Waals surface area contributed by atoms with Crippen molar-refractivity contribution in [2.75, 3.05) is 38.5 Å². The van der Waals surface area contributed by atoms with Crippen LogP contribution in [0.1, 0.15) is 52.4 Å². The van der Waals surface area contributed by atoms with Gasteiger partial charge in [0.15, 0.2) is 5.78 Å². The molecule has 2 aromatic heterocycles. The van der Waals surface area contributed by atoms with Gasteiger partial charge in [-0.2, -0.15) is 0 Å². The van der Waals surface area contributed by atoms with Crippen molar-refractivity contribution < 1.29 is 4.79 Å². The molecule has 0 aliphatic carbocycles. The highest BCUT2D eigenvalue weighted by molar-refractivity contribution is 5.97. The number of likely N-dealkylation sites (N-methyl/N-ethyl adjacent to an activating group) is 1. The summed E-state index contributed by atoms with van der Waals surface area (Å²) >= 11 is 0. The Balaban J connectivity index is 1.26. The smallest absolute Gasteiger partial charge is 0.227 e. The van der Waals surface area contributed by atoms with Crippen molar-refractivity contribution in [2.45, 2.75) is 39.7 Å². The molecule has 2 aromatic carbocycles. The fourth-order valence-electron chi connectivity index (χ4n) is 5.07. The number of hydrogen-bond donors (Lipinski definition) is 1. The Labute approximate surface area is 237 Å². The first-order chi connectivity index (χ1) is 19.4. The number of rotatable bonds is 9. The van der Waals surface area contributed by atoms with Crippen LogP contribution in [0.3, 0.4) is 0 Å². The van der Waals surface area contributed by atoms with E-state index in [1.54, 1.807) is 6.20 Å². The van der Waals surface area contributed by atoms with Crippen molar-refractivity contribution in [2.24, 2.45) is 0 Å². The van der Waals surface area contributed by atoms with Crippen molar-refractivity contribution in [3.8, 4) is 11.3 Å². The summed E-state index contributed by atoms with van der Waals surface area (Å²) in [6.45, 7) is 11.7. The average molecular weight is 535 g/mol. The van der Waals surface area contributed by atoms with Gasteiger partial charge in [0.1, 0.15) is 0 Å². The quantitative estimate of drug-likeness (QED) is 0.269. The third-order valence-electron chi connectivity index (χ3n) is 7.60. The van der Waals surface area contributed by atoms with E-state index in [2.05, 4.69) is 58.1 Å². The van der Waals surface area contributed by atoms with Gasteiger partial charge < -0.3 is 10.2 Å². The Morgan fingerprint density at radius 2 is 1.70 bits per heavy atom. The van der Waals surface area contributed by atoms with Crippen LogP contribution in [-0.4, -0.2) is 63.8 Å². The number of pyridine rings is 1. The molecule has 0 bridgehead atoms. The lowest BCUT2D eigenvalue weighted by atomic mass is 9.97. The first-order valence-electron chi connectivity index (χ1n) is 14.0. The Hall–Kier alpha value is -3.94. The van der Waals surface area contributed by atoms with Crippen molar-refractivity contribution in [1.29, 1.82) is 0 Å². The van der Waals surface area contributed by atoms with Gasteiger partial charge in [0.25, 0.3) is 0 Å². The molecule has 5 rings (SSSR count). The summed E-state index contributed by atoms with van der Waals surface area (Å²) < 4.78 is 0. The van der Waals surface area contributed by atoms with E-state index >= 15 is 0 Å². The molecule has 1 aliphatic heterocycles. The summed E-state index contributed by atoms with van der Waals surface area (Å²) in [4.78, 5) is 31.5. The number of carbonyl (C=O) groups is 1. The maximum Gasteiger partial charge on any atom is 0.227 e. The SMILES string of the molecule is Cc1ccc(CC(=O)c2ccc(CN3CCN(C)CC3)cc2)cc1Nc1nccc(-c2cnccc2C(C)C)n1. The van der Waals surface area contributed by atoms with Crippen molar-refractivity contribution in [1.82, 2.24) is 24.8 Å². The van der Waals surface area contributed by atoms with Gasteiger partial charge >= 0.3 is 0 Å². The molecule has 0 saturated carbocycles. The number of ketones is 1. The van der Waals surface area contributed by atoms with Gasteiger partial charge in [-0.05, 0) is 60.3 Å². The average Bonchev–Trinajstić information content (AvgIpc) is 2.96. The number of Topliss-reactive ketones (excluding diaryl/α,β-unsaturated/α-hetero) is 1. The lowest BCUT2D eigenvalue weighted by Crippen LogP contribution is -2.43. The van der Waals surface area contributed by atoms with Crippen LogP contribution in [0.25, 0.3) is 11.3 Å². The van der Waals surface area contributed by atoms with Crippen LogP contribution >= 0.6 is 0 Å². The zero-order valence-electron chi connectivity index (χ0n) is 23.9. The summed E-state index contributed by atoms with van der Waals surface area (Å²) in [5.74, 6) is 0.976. The lowest BCUT2D eigenvalue weighted by Gasteiger charge is -2.32. The number of nitrogens with zero attached hydrogens (tertiary/aromatic N) is 5. The predicted octanol–water partition coefficient (Wildman–Crippen LogP) is 5.89. The van der Waals surface area contributed by atoms with Gasteiger partial charge in [0, 0.05) is 74.5 Å². The minimum absolute atomic E-state index is 0.108. The van der Waals surface area contributed by atoms with E-state index < -0.39 is 0 Å². The number of piperazine rings is 1. The largest absolute Gasteiger partial charge is 0.324 e. The van der Waals surface area contributed by atoms with Gasteiger partial charge in [0.2, 0.25) is 5.95 Å². The van der Waals surface area contributed by atoms with E-state index in [9.17, 15) is 4.79 Å². The van der Waals surface area contributed by atoms with E-state index in [0.717, 1.165) is 66.4 Å². The molecule has 7 nitrogen and oxygen atoms in total. The molecule has 0 unspecified atom stereocenters. The van der Waals surface area contributed by atoms with Crippen LogP contribution in [-0.2, 0) is 13.0 Å². The third kappa shape index (κ3) is 6.79. The molecule has 0 atom stereocenters. The fourth-order valence-corrected chi connectivity index (χ4v) is 5.07. The third-order valence-corrected chi connectivity index (χ3v) is 7.60. The van der Waals surface area contributed by atoms with Gasteiger partial charge in [-0.15, -0.1) is 0 Å². The maximum absolute atomic E-state index is 13.1. The van der Waals surface area contributed by atoms with Crippen LogP contribution in [0.4, 0.5) is 11.6 Å². The minimum atomic E-state index is 0.108. The monoisotopic (exact) mass is 534 g/mol. The first-order valence-corrected chi connectivity index (χ1v) is 14.0. The predicted molar refractivity (Wildman–Crippen MR) is 161 cm³/mol. The minimum Gasteiger partial charge on any atom is -0.324 e. The Morgan fingerprint density at radius 3 is 2.45 bits per heavy atom. The van der Waals surface area contributed by atoms with E-state index in [0.29, 0.717) is 18.3 Å². The molecule has 0 radical (unpaired) electrons. The summed E-state index contributed by atoms with van der Waals surface area (Å²) in [6, 6.07) is 18.1. The van der Waals surface area contributed by atoms with Crippen LogP contribution < -0.4 is 5.32 Å². The maximum atomic E-state index is 13.1. The molecule has 0 spiro atoms. The molecule has 40 heavy (non-hydrogen) atoms. The summed E-state index contributed by atoms with van der Waals surface area (Å²) in [5, 5.41) is 3.37. The molecule has 1 fully saturated rings. The molecular weight excluding hydrogens is 496 g/mol.